The fourth-order valence-electron chi connectivity index (χ4n) is 1.71. The zero-order chi connectivity index (χ0) is 14.5. The Labute approximate surface area is 115 Å². The Morgan fingerprint density at radius 1 is 1.05 bits per heavy atom. The number of phenolic OH excluding ortho intramolecular Hbond substituents is 2. The number of anilines is 2. The molecule has 0 fully saturated rings. The predicted octanol–water partition coefficient (Wildman–Crippen LogP) is 2.20. The van der Waals surface area contributed by atoms with Crippen LogP contribution in [-0.4, -0.2) is 16.2 Å². The Kier molecular flexibility index (Phi) is 3.95. The third-order valence-electron chi connectivity index (χ3n) is 2.70. The fourth-order valence-corrected chi connectivity index (χ4v) is 1.71. The summed E-state index contributed by atoms with van der Waals surface area (Å²) in [6, 6.07) is 10.8. The smallest absolute Gasteiger partial charge is 0.316 e. The minimum atomic E-state index is -0.611. The Balaban J connectivity index is 1.98. The van der Waals surface area contributed by atoms with Crippen LogP contribution >= 0.6 is 0 Å². The Bertz CT molecular complexity index is 612. The molecule has 20 heavy (non-hydrogen) atoms. The van der Waals surface area contributed by atoms with Crippen LogP contribution in [0.5, 0.6) is 11.5 Å². The minimum Gasteiger partial charge on any atom is -0.508 e. The monoisotopic (exact) mass is 273 g/mol. The summed E-state index contributed by atoms with van der Waals surface area (Å²) in [6.07, 6.45) is 0. The van der Waals surface area contributed by atoms with Crippen LogP contribution in [0.15, 0.2) is 42.5 Å². The summed E-state index contributed by atoms with van der Waals surface area (Å²) in [6.45, 7) is 0.411. The van der Waals surface area contributed by atoms with Gasteiger partial charge < -0.3 is 26.6 Å². The van der Waals surface area contributed by atoms with E-state index in [0.717, 1.165) is 5.69 Å². The molecule has 0 radical (unpaired) electrons. The third-order valence-corrected chi connectivity index (χ3v) is 2.70. The van der Waals surface area contributed by atoms with Gasteiger partial charge in [-0.15, -0.1) is 0 Å². The standard InChI is InChI=1S/C14H15N3O3/c15-14(20)17-11-4-2-10(3-5-11)16-8-9-1-6-12(18)7-13(9)19/h1-7,16,18-19H,8H2,(H3,15,17,20). The molecular weight excluding hydrogens is 258 g/mol. The van der Waals surface area contributed by atoms with Crippen molar-refractivity contribution in [3.05, 3.63) is 48.0 Å². The van der Waals surface area contributed by atoms with Crippen molar-refractivity contribution in [1.82, 2.24) is 0 Å². The van der Waals surface area contributed by atoms with Crippen LogP contribution < -0.4 is 16.4 Å². The first kappa shape index (κ1) is 13.5. The van der Waals surface area contributed by atoms with Crippen molar-refractivity contribution >= 4 is 17.4 Å². The summed E-state index contributed by atoms with van der Waals surface area (Å²) in [7, 11) is 0. The van der Waals surface area contributed by atoms with E-state index in [-0.39, 0.29) is 11.5 Å². The van der Waals surface area contributed by atoms with E-state index in [1.807, 2.05) is 0 Å². The van der Waals surface area contributed by atoms with Crippen molar-refractivity contribution in [2.45, 2.75) is 6.54 Å². The number of amides is 2. The number of carbonyl (C=O) groups is 1. The molecule has 0 heterocycles. The average Bonchev–Trinajstić information content (AvgIpc) is 2.39. The van der Waals surface area contributed by atoms with Gasteiger partial charge in [0.15, 0.2) is 0 Å². The first-order chi connectivity index (χ1) is 9.54. The maximum atomic E-state index is 10.7. The normalized spacial score (nSPS) is 10.0. The highest BCUT2D eigenvalue weighted by atomic mass is 16.3. The van der Waals surface area contributed by atoms with Crippen molar-refractivity contribution in [3.8, 4) is 11.5 Å². The largest absolute Gasteiger partial charge is 0.508 e. The molecule has 6 nitrogen and oxygen atoms in total. The van der Waals surface area contributed by atoms with E-state index in [9.17, 15) is 15.0 Å². The second-order valence-electron chi connectivity index (χ2n) is 4.23. The summed E-state index contributed by atoms with van der Waals surface area (Å²) in [5, 5.41) is 24.4. The zero-order valence-corrected chi connectivity index (χ0v) is 10.6. The van der Waals surface area contributed by atoms with Crippen LogP contribution in [0, 0.1) is 0 Å². The summed E-state index contributed by atoms with van der Waals surface area (Å²) in [5.74, 6) is 0.0534. The number of aromatic hydroxyl groups is 2. The number of nitrogens with one attached hydrogen (secondary N) is 2. The molecule has 2 amide bonds. The van der Waals surface area contributed by atoms with Crippen LogP contribution in [-0.2, 0) is 6.54 Å². The molecule has 0 aliphatic carbocycles. The number of urea groups is 1. The number of hydrogen-bond donors (Lipinski definition) is 5. The topological polar surface area (TPSA) is 108 Å². The fraction of sp³-hybridized carbons (Fsp3) is 0.0714. The molecule has 0 aliphatic rings. The Morgan fingerprint density at radius 2 is 1.70 bits per heavy atom. The van der Waals surface area contributed by atoms with Crippen molar-refractivity contribution in [3.63, 3.8) is 0 Å². The van der Waals surface area contributed by atoms with Gasteiger partial charge in [0.25, 0.3) is 0 Å². The molecule has 0 aromatic heterocycles. The summed E-state index contributed by atoms with van der Waals surface area (Å²) in [5.41, 5.74) is 7.11. The molecule has 6 heteroatoms. The van der Waals surface area contributed by atoms with Crippen LogP contribution in [0.1, 0.15) is 5.56 Å². The van der Waals surface area contributed by atoms with Crippen LogP contribution in [0.3, 0.4) is 0 Å². The predicted molar refractivity (Wildman–Crippen MR) is 76.7 cm³/mol. The van der Waals surface area contributed by atoms with Crippen molar-refractivity contribution < 1.29 is 15.0 Å². The summed E-state index contributed by atoms with van der Waals surface area (Å²) in [4.78, 5) is 10.7. The molecule has 2 aromatic carbocycles. The van der Waals surface area contributed by atoms with Gasteiger partial charge in [0, 0.05) is 29.5 Å². The maximum absolute atomic E-state index is 10.7. The van der Waals surface area contributed by atoms with E-state index >= 15 is 0 Å². The highest BCUT2D eigenvalue weighted by Crippen LogP contribution is 2.23. The molecule has 2 aromatic rings. The van der Waals surface area contributed by atoms with Crippen LogP contribution in [0.4, 0.5) is 16.2 Å². The summed E-state index contributed by atoms with van der Waals surface area (Å²) >= 11 is 0. The molecule has 2 rings (SSSR count). The third kappa shape index (κ3) is 3.55. The van der Waals surface area contributed by atoms with E-state index in [1.54, 1.807) is 30.3 Å². The SMILES string of the molecule is NC(=O)Nc1ccc(NCc2ccc(O)cc2O)cc1. The van der Waals surface area contributed by atoms with Crippen LogP contribution in [0.25, 0.3) is 0 Å². The van der Waals surface area contributed by atoms with E-state index in [4.69, 9.17) is 5.73 Å². The molecule has 0 spiro atoms. The molecule has 0 saturated heterocycles. The number of phenols is 2. The molecule has 0 unspecified atom stereocenters. The number of carbonyl (C=O) groups excluding carboxylic acids is 1. The lowest BCUT2D eigenvalue weighted by Crippen LogP contribution is -2.19. The van der Waals surface area contributed by atoms with Gasteiger partial charge in [-0.25, -0.2) is 4.79 Å². The van der Waals surface area contributed by atoms with Gasteiger partial charge in [0.05, 0.1) is 0 Å². The van der Waals surface area contributed by atoms with Crippen molar-refractivity contribution in [2.24, 2.45) is 5.73 Å². The van der Waals surface area contributed by atoms with Gasteiger partial charge in [-0.3, -0.25) is 0 Å². The molecule has 6 N–H and O–H groups in total. The number of hydrogen-bond acceptors (Lipinski definition) is 4. The van der Waals surface area contributed by atoms with Crippen molar-refractivity contribution in [2.75, 3.05) is 10.6 Å². The van der Waals surface area contributed by atoms with Gasteiger partial charge in [0.2, 0.25) is 0 Å². The van der Waals surface area contributed by atoms with Gasteiger partial charge in [-0.1, -0.05) is 0 Å². The first-order valence-corrected chi connectivity index (χ1v) is 5.96. The first-order valence-electron chi connectivity index (χ1n) is 5.96. The highest BCUT2D eigenvalue weighted by molar-refractivity contribution is 5.87. The second kappa shape index (κ2) is 5.83. The van der Waals surface area contributed by atoms with Crippen molar-refractivity contribution in [1.29, 1.82) is 0 Å². The Hall–Kier alpha value is -2.89. The molecule has 0 aliphatic heterocycles. The quantitative estimate of drug-likeness (QED) is 0.588. The number of rotatable bonds is 4. The minimum absolute atomic E-state index is 0.0214. The molecule has 0 saturated carbocycles. The van der Waals surface area contributed by atoms with E-state index < -0.39 is 6.03 Å². The molecule has 0 atom stereocenters. The lowest BCUT2D eigenvalue weighted by Gasteiger charge is -2.09. The number of primary amides is 1. The molecule has 104 valence electrons. The maximum Gasteiger partial charge on any atom is 0.316 e. The lowest BCUT2D eigenvalue weighted by atomic mass is 10.2. The zero-order valence-electron chi connectivity index (χ0n) is 10.6. The van der Waals surface area contributed by atoms with Gasteiger partial charge in [-0.2, -0.15) is 0 Å². The summed E-state index contributed by atoms with van der Waals surface area (Å²) < 4.78 is 0. The average molecular weight is 273 g/mol. The van der Waals surface area contributed by atoms with Gasteiger partial charge >= 0.3 is 6.03 Å². The molecule has 0 bridgehead atoms. The van der Waals surface area contributed by atoms with Crippen LogP contribution in [0.2, 0.25) is 0 Å². The lowest BCUT2D eigenvalue weighted by molar-refractivity contribution is 0.259. The second-order valence-corrected chi connectivity index (χ2v) is 4.23. The number of benzene rings is 2. The van der Waals surface area contributed by atoms with Gasteiger partial charge in [0.1, 0.15) is 11.5 Å². The number of nitrogens with two attached hydrogens (primary N) is 1. The van der Waals surface area contributed by atoms with E-state index in [2.05, 4.69) is 10.6 Å². The molecular formula is C14H15N3O3. The van der Waals surface area contributed by atoms with E-state index in [1.165, 1.54) is 12.1 Å². The van der Waals surface area contributed by atoms with E-state index in [0.29, 0.717) is 17.8 Å². The highest BCUT2D eigenvalue weighted by Gasteiger charge is 2.02. The van der Waals surface area contributed by atoms with Gasteiger partial charge in [-0.05, 0) is 36.4 Å². The Morgan fingerprint density at radius 3 is 2.30 bits per heavy atom.